The summed E-state index contributed by atoms with van der Waals surface area (Å²) in [5.74, 6) is 1.17. The van der Waals surface area contributed by atoms with E-state index < -0.39 is 15.4 Å². The Morgan fingerprint density at radius 3 is 2.37 bits per heavy atom. The average Bonchev–Trinajstić information content (AvgIpc) is 3.60. The van der Waals surface area contributed by atoms with Gasteiger partial charge < -0.3 is 14.4 Å². The van der Waals surface area contributed by atoms with E-state index in [9.17, 15) is 18.0 Å². The minimum Gasteiger partial charge on any atom is -0.493 e. The summed E-state index contributed by atoms with van der Waals surface area (Å²) >= 11 is 1.64. The standard InChI is InChI=1S/C31H42N2O6S2/c1-21-6-10-25(40-21)18-32(15-13-22-7-11-26(38-4)27(16-22)39-5)29(35)19-33(24-8-9-24)41(36,37)20-31-14-12-23(17-28(31)34)30(31,2)3/h6-7,10-11,16,23-24H,8-9,12-15,17-20H2,1-5H3. The summed E-state index contributed by atoms with van der Waals surface area (Å²) in [4.78, 5) is 31.0. The lowest BCUT2D eigenvalue weighted by molar-refractivity contribution is -0.132. The topological polar surface area (TPSA) is 93.2 Å². The van der Waals surface area contributed by atoms with Crippen molar-refractivity contribution < 1.29 is 27.5 Å². The van der Waals surface area contributed by atoms with Gasteiger partial charge >= 0.3 is 0 Å². The summed E-state index contributed by atoms with van der Waals surface area (Å²) < 4.78 is 40.2. The van der Waals surface area contributed by atoms with Crippen LogP contribution in [0.3, 0.4) is 0 Å². The van der Waals surface area contributed by atoms with Crippen molar-refractivity contribution in [1.29, 1.82) is 0 Å². The van der Waals surface area contributed by atoms with Crippen LogP contribution in [0.2, 0.25) is 0 Å². The molecule has 2 bridgehead atoms. The Morgan fingerprint density at radius 1 is 1.07 bits per heavy atom. The predicted molar refractivity (Wildman–Crippen MR) is 160 cm³/mol. The molecule has 41 heavy (non-hydrogen) atoms. The van der Waals surface area contributed by atoms with Crippen molar-refractivity contribution in [3.05, 3.63) is 45.6 Å². The number of carbonyl (C=O) groups is 2. The van der Waals surface area contributed by atoms with Crippen molar-refractivity contribution in [2.45, 2.75) is 71.9 Å². The number of amides is 1. The maximum Gasteiger partial charge on any atom is 0.238 e. The zero-order valence-corrected chi connectivity index (χ0v) is 26.4. The first-order chi connectivity index (χ1) is 19.4. The Morgan fingerprint density at radius 2 is 1.80 bits per heavy atom. The number of sulfonamides is 1. The first kappa shape index (κ1) is 30.0. The zero-order chi connectivity index (χ0) is 29.6. The number of thiophene rings is 1. The molecule has 10 heteroatoms. The quantitative estimate of drug-likeness (QED) is 0.326. The molecule has 0 radical (unpaired) electrons. The zero-order valence-electron chi connectivity index (χ0n) is 24.8. The van der Waals surface area contributed by atoms with Crippen LogP contribution in [0.5, 0.6) is 11.5 Å². The normalized spacial score (nSPS) is 23.3. The number of hydrogen-bond acceptors (Lipinski definition) is 7. The molecule has 3 saturated carbocycles. The fraction of sp³-hybridized carbons (Fsp3) is 0.613. The minimum absolute atomic E-state index is 0.0778. The van der Waals surface area contributed by atoms with Crippen LogP contribution in [0.15, 0.2) is 30.3 Å². The van der Waals surface area contributed by atoms with Gasteiger partial charge in [0.1, 0.15) is 5.78 Å². The number of nitrogens with zero attached hydrogens (tertiary/aromatic N) is 2. The van der Waals surface area contributed by atoms with Crippen LogP contribution in [-0.4, -0.2) is 68.4 Å². The van der Waals surface area contributed by atoms with Crippen LogP contribution in [0.25, 0.3) is 0 Å². The van der Waals surface area contributed by atoms with E-state index in [1.807, 2.05) is 37.3 Å². The van der Waals surface area contributed by atoms with E-state index >= 15 is 0 Å². The smallest absolute Gasteiger partial charge is 0.238 e. The molecule has 1 aromatic heterocycles. The van der Waals surface area contributed by atoms with E-state index in [0.717, 1.165) is 34.6 Å². The van der Waals surface area contributed by atoms with Crippen molar-refractivity contribution in [2.75, 3.05) is 33.1 Å². The number of aryl methyl sites for hydroxylation is 1. The van der Waals surface area contributed by atoms with Gasteiger partial charge in [-0.05, 0) is 80.2 Å². The maximum atomic E-state index is 14.0. The first-order valence-corrected chi connectivity index (χ1v) is 16.9. The second-order valence-electron chi connectivity index (χ2n) is 12.5. The molecule has 2 unspecified atom stereocenters. The van der Waals surface area contributed by atoms with Gasteiger partial charge in [0.25, 0.3) is 0 Å². The molecule has 1 amide bonds. The van der Waals surface area contributed by atoms with E-state index in [2.05, 4.69) is 13.8 Å². The molecule has 0 spiro atoms. The number of ether oxygens (including phenoxy) is 2. The Hall–Kier alpha value is -2.43. The lowest BCUT2D eigenvalue weighted by atomic mass is 9.70. The second kappa shape index (κ2) is 11.3. The van der Waals surface area contributed by atoms with E-state index in [1.54, 1.807) is 30.5 Å². The highest BCUT2D eigenvalue weighted by Gasteiger charge is 2.66. The van der Waals surface area contributed by atoms with Crippen LogP contribution in [-0.2, 0) is 32.6 Å². The highest BCUT2D eigenvalue weighted by atomic mass is 32.2. The van der Waals surface area contributed by atoms with E-state index in [0.29, 0.717) is 43.9 Å². The molecule has 3 fully saturated rings. The first-order valence-electron chi connectivity index (χ1n) is 14.5. The molecule has 1 heterocycles. The summed E-state index contributed by atoms with van der Waals surface area (Å²) in [6, 6.07) is 9.60. The molecule has 3 aliphatic carbocycles. The lowest BCUT2D eigenvalue weighted by Gasteiger charge is -2.38. The van der Waals surface area contributed by atoms with Gasteiger partial charge in [-0.25, -0.2) is 8.42 Å². The van der Waals surface area contributed by atoms with Gasteiger partial charge in [-0.2, -0.15) is 4.31 Å². The maximum absolute atomic E-state index is 14.0. The third kappa shape index (κ3) is 5.79. The Balaban J connectivity index is 1.35. The molecule has 0 aliphatic heterocycles. The number of rotatable bonds is 13. The fourth-order valence-corrected chi connectivity index (χ4v) is 10.2. The van der Waals surface area contributed by atoms with Crippen molar-refractivity contribution >= 4 is 33.1 Å². The number of benzene rings is 1. The summed E-state index contributed by atoms with van der Waals surface area (Å²) in [5.41, 5.74) is -0.209. The molecule has 2 aromatic rings. The SMILES string of the molecule is COc1ccc(CCN(Cc2ccc(C)s2)C(=O)CN(C2CC2)S(=O)(=O)CC23CCC(CC2=O)C3(C)C)cc1OC. The Bertz CT molecular complexity index is 1410. The van der Waals surface area contributed by atoms with E-state index in [4.69, 9.17) is 9.47 Å². The highest BCUT2D eigenvalue weighted by Crippen LogP contribution is 2.64. The lowest BCUT2D eigenvalue weighted by Crippen LogP contribution is -2.50. The second-order valence-corrected chi connectivity index (χ2v) is 15.8. The van der Waals surface area contributed by atoms with Gasteiger partial charge in [0.2, 0.25) is 15.9 Å². The fourth-order valence-electron chi connectivity index (χ4n) is 6.90. The molecule has 224 valence electrons. The number of Topliss-reactive ketones (excluding diaryl/α,β-unsaturated/α-hetero) is 1. The largest absolute Gasteiger partial charge is 0.493 e. The molecule has 0 N–H and O–H groups in total. The van der Waals surface area contributed by atoms with E-state index in [1.165, 1.54) is 4.31 Å². The van der Waals surface area contributed by atoms with Gasteiger partial charge in [0.05, 0.1) is 33.1 Å². The van der Waals surface area contributed by atoms with Gasteiger partial charge in [0.15, 0.2) is 11.5 Å². The minimum atomic E-state index is -3.83. The summed E-state index contributed by atoms with van der Waals surface area (Å²) in [6.45, 7) is 6.79. The van der Waals surface area contributed by atoms with E-state index in [-0.39, 0.29) is 41.4 Å². The molecule has 3 aliphatic rings. The number of fused-ring (bicyclic) bond motifs is 2. The molecule has 8 nitrogen and oxygen atoms in total. The molecule has 1 aromatic carbocycles. The monoisotopic (exact) mass is 602 g/mol. The molecule has 0 saturated heterocycles. The third-order valence-electron chi connectivity index (χ3n) is 9.78. The van der Waals surface area contributed by atoms with Crippen LogP contribution in [0.1, 0.15) is 61.3 Å². The Kier molecular flexibility index (Phi) is 8.31. The summed E-state index contributed by atoms with van der Waals surface area (Å²) in [6.07, 6.45) is 4.05. The van der Waals surface area contributed by atoms with Gasteiger partial charge in [-0.15, -0.1) is 11.3 Å². The van der Waals surface area contributed by atoms with Gasteiger partial charge in [-0.3, -0.25) is 9.59 Å². The number of ketones is 1. The van der Waals surface area contributed by atoms with Crippen molar-refractivity contribution in [2.24, 2.45) is 16.7 Å². The van der Waals surface area contributed by atoms with Crippen molar-refractivity contribution in [3.8, 4) is 11.5 Å². The third-order valence-corrected chi connectivity index (χ3v) is 12.8. The molecular weight excluding hydrogens is 560 g/mol. The van der Waals surface area contributed by atoms with Crippen LogP contribution in [0, 0.1) is 23.7 Å². The van der Waals surface area contributed by atoms with Crippen molar-refractivity contribution in [3.63, 3.8) is 0 Å². The molecule has 5 rings (SSSR count). The van der Waals surface area contributed by atoms with Crippen LogP contribution < -0.4 is 9.47 Å². The molecule has 2 atom stereocenters. The number of hydrogen-bond donors (Lipinski definition) is 0. The van der Waals surface area contributed by atoms with Gasteiger partial charge in [0, 0.05) is 34.2 Å². The van der Waals surface area contributed by atoms with Crippen LogP contribution >= 0.6 is 11.3 Å². The highest BCUT2D eigenvalue weighted by molar-refractivity contribution is 7.89. The van der Waals surface area contributed by atoms with Crippen LogP contribution in [0.4, 0.5) is 0 Å². The summed E-state index contributed by atoms with van der Waals surface area (Å²) in [5, 5.41) is 0. The average molecular weight is 603 g/mol. The Labute approximate surface area is 248 Å². The number of carbonyl (C=O) groups excluding carboxylic acids is 2. The molecular formula is C31H42N2O6S2. The summed E-state index contributed by atoms with van der Waals surface area (Å²) in [7, 11) is -0.650. The van der Waals surface area contributed by atoms with Gasteiger partial charge in [-0.1, -0.05) is 19.9 Å². The van der Waals surface area contributed by atoms with Crippen molar-refractivity contribution in [1.82, 2.24) is 9.21 Å². The predicted octanol–water partition coefficient (Wildman–Crippen LogP) is 4.83. The number of methoxy groups -OCH3 is 2.